The SMILES string of the molecule is CN(C)C(=O)c1cccc(CCn2ccc(-c3noc(C(F)(F)F)n3)cc2=O)c1. The summed E-state index contributed by atoms with van der Waals surface area (Å²) < 4.78 is 43.3. The van der Waals surface area contributed by atoms with Crippen molar-refractivity contribution in [3.05, 3.63) is 70.0 Å². The molecule has 0 fully saturated rings. The van der Waals surface area contributed by atoms with Crippen LogP contribution in [0.4, 0.5) is 13.2 Å². The molecule has 0 spiro atoms. The summed E-state index contributed by atoms with van der Waals surface area (Å²) in [6.07, 6.45) is -2.80. The molecule has 0 saturated heterocycles. The van der Waals surface area contributed by atoms with Gasteiger partial charge in [-0.15, -0.1) is 0 Å². The van der Waals surface area contributed by atoms with Crippen LogP contribution in [0.15, 0.2) is 51.9 Å². The number of hydrogen-bond donors (Lipinski definition) is 0. The lowest BCUT2D eigenvalue weighted by Gasteiger charge is -2.11. The normalized spacial score (nSPS) is 11.5. The van der Waals surface area contributed by atoms with Crippen molar-refractivity contribution in [1.82, 2.24) is 19.6 Å². The molecule has 2 heterocycles. The molecule has 0 radical (unpaired) electrons. The van der Waals surface area contributed by atoms with E-state index in [1.54, 1.807) is 32.3 Å². The number of rotatable bonds is 5. The molecule has 29 heavy (non-hydrogen) atoms. The van der Waals surface area contributed by atoms with Gasteiger partial charge in [0.25, 0.3) is 11.5 Å². The number of hydrogen-bond acceptors (Lipinski definition) is 5. The van der Waals surface area contributed by atoms with Gasteiger partial charge in [0.05, 0.1) is 0 Å². The first-order chi connectivity index (χ1) is 13.6. The topological polar surface area (TPSA) is 81.2 Å². The Kier molecular flexibility index (Phi) is 5.53. The average Bonchev–Trinajstić information content (AvgIpc) is 3.17. The summed E-state index contributed by atoms with van der Waals surface area (Å²) in [6.45, 7) is 0.332. The van der Waals surface area contributed by atoms with E-state index in [-0.39, 0.29) is 17.3 Å². The van der Waals surface area contributed by atoms with Gasteiger partial charge in [-0.1, -0.05) is 17.3 Å². The van der Waals surface area contributed by atoms with Gasteiger partial charge in [0.15, 0.2) is 0 Å². The summed E-state index contributed by atoms with van der Waals surface area (Å²) >= 11 is 0. The van der Waals surface area contributed by atoms with Crippen molar-refractivity contribution in [2.75, 3.05) is 14.1 Å². The Morgan fingerprint density at radius 2 is 1.97 bits per heavy atom. The summed E-state index contributed by atoms with van der Waals surface area (Å²) in [5.41, 5.74) is 1.14. The number of carbonyl (C=O) groups excluding carboxylic acids is 1. The molecule has 10 heteroatoms. The van der Waals surface area contributed by atoms with E-state index < -0.39 is 17.6 Å². The lowest BCUT2D eigenvalue weighted by atomic mass is 10.1. The summed E-state index contributed by atoms with van der Waals surface area (Å²) in [4.78, 5) is 29.1. The molecule has 152 valence electrons. The van der Waals surface area contributed by atoms with Crippen LogP contribution in [-0.4, -0.2) is 39.6 Å². The number of benzene rings is 1. The number of halogens is 3. The Hall–Kier alpha value is -3.43. The molecule has 0 saturated carbocycles. The Balaban J connectivity index is 1.74. The highest BCUT2D eigenvalue weighted by atomic mass is 19.4. The van der Waals surface area contributed by atoms with E-state index in [0.717, 1.165) is 11.6 Å². The van der Waals surface area contributed by atoms with Gasteiger partial charge in [-0.05, 0) is 30.2 Å². The number of alkyl halides is 3. The molecule has 0 unspecified atom stereocenters. The molecule has 2 aromatic heterocycles. The van der Waals surface area contributed by atoms with Gasteiger partial charge < -0.3 is 14.0 Å². The molecule has 0 aliphatic rings. The fraction of sp³-hybridized carbons (Fsp3) is 0.263. The minimum absolute atomic E-state index is 0.119. The number of carbonyl (C=O) groups is 1. The third-order valence-corrected chi connectivity index (χ3v) is 4.14. The maximum Gasteiger partial charge on any atom is 0.471 e. The first kappa shape index (κ1) is 20.3. The summed E-state index contributed by atoms with van der Waals surface area (Å²) in [5, 5.41) is 3.27. The van der Waals surface area contributed by atoms with Gasteiger partial charge in [0, 0.05) is 44.0 Å². The van der Waals surface area contributed by atoms with Crippen LogP contribution >= 0.6 is 0 Å². The molecular formula is C19H17F3N4O3. The van der Waals surface area contributed by atoms with Crippen molar-refractivity contribution in [1.29, 1.82) is 0 Å². The van der Waals surface area contributed by atoms with Crippen molar-refractivity contribution in [3.8, 4) is 11.4 Å². The Labute approximate surface area is 163 Å². The molecule has 0 bridgehead atoms. The molecule has 0 aliphatic carbocycles. The van der Waals surface area contributed by atoms with Crippen molar-refractivity contribution in [2.45, 2.75) is 19.1 Å². The van der Waals surface area contributed by atoms with Gasteiger partial charge in [-0.2, -0.15) is 18.2 Å². The monoisotopic (exact) mass is 406 g/mol. The molecule has 0 atom stereocenters. The van der Waals surface area contributed by atoms with Gasteiger partial charge >= 0.3 is 12.1 Å². The van der Waals surface area contributed by atoms with E-state index >= 15 is 0 Å². The Bertz CT molecular complexity index is 1090. The van der Waals surface area contributed by atoms with Crippen LogP contribution in [0, 0.1) is 0 Å². The standard InChI is InChI=1S/C19H17F3N4O3/c1-25(2)17(28)14-5-3-4-12(10-14)6-8-26-9-7-13(11-15(26)27)16-23-18(29-24-16)19(20,21)22/h3-5,7,9-11H,6,8H2,1-2H3. The van der Waals surface area contributed by atoms with Crippen molar-refractivity contribution >= 4 is 5.91 Å². The molecule has 1 amide bonds. The minimum atomic E-state index is -4.75. The zero-order valence-corrected chi connectivity index (χ0v) is 15.6. The summed E-state index contributed by atoms with van der Waals surface area (Å²) in [7, 11) is 3.33. The predicted octanol–water partition coefficient (Wildman–Crippen LogP) is 2.86. The smallest absolute Gasteiger partial charge is 0.345 e. The molecule has 3 aromatic rings. The average molecular weight is 406 g/mol. The summed E-state index contributed by atoms with van der Waals surface area (Å²) in [5.74, 6) is -1.90. The molecular weight excluding hydrogens is 389 g/mol. The third kappa shape index (κ3) is 4.71. The van der Waals surface area contributed by atoms with Gasteiger partial charge in [-0.3, -0.25) is 9.59 Å². The van der Waals surface area contributed by atoms with Crippen LogP contribution in [0.5, 0.6) is 0 Å². The maximum atomic E-state index is 12.6. The van der Waals surface area contributed by atoms with E-state index in [1.165, 1.54) is 21.7 Å². The third-order valence-electron chi connectivity index (χ3n) is 4.14. The largest absolute Gasteiger partial charge is 0.471 e. The maximum absolute atomic E-state index is 12.6. The van der Waals surface area contributed by atoms with E-state index in [4.69, 9.17) is 0 Å². The quantitative estimate of drug-likeness (QED) is 0.651. The number of aromatic nitrogens is 3. The summed E-state index contributed by atoms with van der Waals surface area (Å²) in [6, 6.07) is 9.69. The lowest BCUT2D eigenvalue weighted by Crippen LogP contribution is -2.22. The number of aryl methyl sites for hydroxylation is 2. The Morgan fingerprint density at radius 1 is 1.21 bits per heavy atom. The number of nitrogens with zero attached hydrogens (tertiary/aromatic N) is 4. The van der Waals surface area contributed by atoms with E-state index in [1.807, 2.05) is 6.07 Å². The molecule has 0 aliphatic heterocycles. The van der Waals surface area contributed by atoms with E-state index in [0.29, 0.717) is 18.5 Å². The first-order valence-corrected chi connectivity index (χ1v) is 8.57. The Morgan fingerprint density at radius 3 is 2.59 bits per heavy atom. The van der Waals surface area contributed by atoms with E-state index in [9.17, 15) is 22.8 Å². The fourth-order valence-electron chi connectivity index (χ4n) is 2.66. The van der Waals surface area contributed by atoms with Crippen LogP contribution in [-0.2, 0) is 19.1 Å². The second kappa shape index (κ2) is 7.90. The lowest BCUT2D eigenvalue weighted by molar-refractivity contribution is -0.159. The van der Waals surface area contributed by atoms with Gasteiger partial charge in [0.1, 0.15) is 0 Å². The minimum Gasteiger partial charge on any atom is -0.345 e. The fourth-order valence-corrected chi connectivity index (χ4v) is 2.66. The van der Waals surface area contributed by atoms with Crippen LogP contribution in [0.3, 0.4) is 0 Å². The highest BCUT2D eigenvalue weighted by Crippen LogP contribution is 2.29. The van der Waals surface area contributed by atoms with Crippen LogP contribution in [0.2, 0.25) is 0 Å². The highest BCUT2D eigenvalue weighted by Gasteiger charge is 2.38. The first-order valence-electron chi connectivity index (χ1n) is 8.57. The number of pyridine rings is 1. The molecule has 0 N–H and O–H groups in total. The van der Waals surface area contributed by atoms with Crippen LogP contribution in [0.1, 0.15) is 21.8 Å². The second-order valence-electron chi connectivity index (χ2n) is 6.52. The molecule has 7 nitrogen and oxygen atoms in total. The van der Waals surface area contributed by atoms with Crippen LogP contribution < -0.4 is 5.56 Å². The highest BCUT2D eigenvalue weighted by molar-refractivity contribution is 5.94. The van der Waals surface area contributed by atoms with Crippen molar-refractivity contribution < 1.29 is 22.5 Å². The second-order valence-corrected chi connectivity index (χ2v) is 6.52. The molecule has 1 aromatic carbocycles. The van der Waals surface area contributed by atoms with Gasteiger partial charge in [0.2, 0.25) is 5.82 Å². The zero-order chi connectivity index (χ0) is 21.2. The van der Waals surface area contributed by atoms with Gasteiger partial charge in [-0.25, -0.2) is 0 Å². The van der Waals surface area contributed by atoms with Crippen molar-refractivity contribution in [2.24, 2.45) is 0 Å². The van der Waals surface area contributed by atoms with Crippen LogP contribution in [0.25, 0.3) is 11.4 Å². The zero-order valence-electron chi connectivity index (χ0n) is 15.6. The predicted molar refractivity (Wildman–Crippen MR) is 97.2 cm³/mol. The van der Waals surface area contributed by atoms with E-state index in [2.05, 4.69) is 14.7 Å². The molecule has 3 rings (SSSR count). The number of amides is 1. The van der Waals surface area contributed by atoms with Crippen molar-refractivity contribution in [3.63, 3.8) is 0 Å².